The van der Waals surface area contributed by atoms with Crippen molar-refractivity contribution in [1.82, 2.24) is 4.90 Å². The van der Waals surface area contributed by atoms with Gasteiger partial charge in [-0.25, -0.2) is 4.39 Å². The van der Waals surface area contributed by atoms with E-state index in [1.165, 1.54) is 45.6 Å². The van der Waals surface area contributed by atoms with Gasteiger partial charge in [0.2, 0.25) is 0 Å². The lowest BCUT2D eigenvalue weighted by Crippen LogP contribution is -2.28. The predicted octanol–water partition coefficient (Wildman–Crippen LogP) is 4.74. The molecule has 0 unspecified atom stereocenters. The number of imide groups is 1. The molecule has 1 fully saturated rings. The number of hydrogen-bond donors (Lipinski definition) is 0. The summed E-state index contributed by atoms with van der Waals surface area (Å²) in [6, 6.07) is 7.44. The van der Waals surface area contributed by atoms with Gasteiger partial charge in [0, 0.05) is 22.2 Å². The molecule has 29 heavy (non-hydrogen) atoms. The number of rotatable bonds is 6. The Hall–Kier alpha value is -2.71. The molecule has 1 heterocycles. The molecule has 2 aromatic rings. The van der Waals surface area contributed by atoms with E-state index in [0.717, 1.165) is 16.7 Å². The average Bonchev–Trinajstić information content (AvgIpc) is 2.97. The second-order valence-corrected chi connectivity index (χ2v) is 7.32. The van der Waals surface area contributed by atoms with Crippen molar-refractivity contribution < 1.29 is 28.2 Å². The monoisotopic (exact) mass is 437 g/mol. The highest BCUT2D eigenvalue weighted by molar-refractivity contribution is 8.18. The summed E-state index contributed by atoms with van der Waals surface area (Å²) < 4.78 is 29.9. The molecule has 1 saturated heterocycles. The first-order valence-corrected chi connectivity index (χ1v) is 9.57. The third-order valence-electron chi connectivity index (χ3n) is 4.27. The molecule has 1 aliphatic heterocycles. The van der Waals surface area contributed by atoms with Crippen molar-refractivity contribution in [3.05, 3.63) is 57.2 Å². The Kier molecular flexibility index (Phi) is 6.34. The number of ether oxygens (including phenoxy) is 3. The average molecular weight is 438 g/mol. The maximum Gasteiger partial charge on any atom is 0.293 e. The van der Waals surface area contributed by atoms with Gasteiger partial charge in [0.25, 0.3) is 11.1 Å². The van der Waals surface area contributed by atoms with Crippen molar-refractivity contribution in [3.8, 4) is 17.2 Å². The van der Waals surface area contributed by atoms with Gasteiger partial charge in [0.1, 0.15) is 11.6 Å². The normalized spacial score (nSPS) is 15.2. The van der Waals surface area contributed by atoms with Crippen LogP contribution in [-0.2, 0) is 11.3 Å². The zero-order valence-corrected chi connectivity index (χ0v) is 17.4. The van der Waals surface area contributed by atoms with E-state index in [1.54, 1.807) is 12.1 Å². The fourth-order valence-corrected chi connectivity index (χ4v) is 3.84. The summed E-state index contributed by atoms with van der Waals surface area (Å²) in [5.41, 5.74) is 0.612. The largest absolute Gasteiger partial charge is 0.496 e. The van der Waals surface area contributed by atoms with Crippen molar-refractivity contribution >= 4 is 40.6 Å². The van der Waals surface area contributed by atoms with E-state index in [0.29, 0.717) is 22.8 Å². The number of halogens is 2. The number of hydrogen-bond acceptors (Lipinski definition) is 6. The summed E-state index contributed by atoms with van der Waals surface area (Å²) in [4.78, 5) is 26.3. The van der Waals surface area contributed by atoms with E-state index in [1.807, 2.05) is 0 Å². The molecule has 0 N–H and O–H groups in total. The lowest BCUT2D eigenvalue weighted by Gasteiger charge is -2.14. The van der Waals surface area contributed by atoms with Gasteiger partial charge in [-0.3, -0.25) is 14.5 Å². The van der Waals surface area contributed by atoms with Gasteiger partial charge in [0.05, 0.1) is 32.8 Å². The summed E-state index contributed by atoms with van der Waals surface area (Å²) in [7, 11) is 4.46. The van der Waals surface area contributed by atoms with Crippen LogP contribution in [-0.4, -0.2) is 37.4 Å². The highest BCUT2D eigenvalue weighted by Crippen LogP contribution is 2.39. The Morgan fingerprint density at radius 1 is 1.07 bits per heavy atom. The molecule has 0 aliphatic carbocycles. The van der Waals surface area contributed by atoms with Crippen molar-refractivity contribution in [3.63, 3.8) is 0 Å². The van der Waals surface area contributed by atoms with Gasteiger partial charge in [0.15, 0.2) is 11.5 Å². The van der Waals surface area contributed by atoms with Gasteiger partial charge in [-0.05, 0) is 36.0 Å². The molecule has 152 valence electrons. The Balaban J connectivity index is 1.94. The first-order chi connectivity index (χ1) is 13.9. The number of carbonyl (C=O) groups is 2. The van der Waals surface area contributed by atoms with E-state index in [-0.39, 0.29) is 22.0 Å². The molecule has 0 radical (unpaired) electrons. The molecule has 9 heteroatoms. The quantitative estimate of drug-likeness (QED) is 0.608. The minimum Gasteiger partial charge on any atom is -0.496 e. The van der Waals surface area contributed by atoms with Crippen molar-refractivity contribution in [2.45, 2.75) is 6.54 Å². The number of nitrogens with zero attached hydrogens (tertiary/aromatic N) is 1. The van der Waals surface area contributed by atoms with Crippen molar-refractivity contribution in [2.75, 3.05) is 21.3 Å². The fraction of sp³-hybridized carbons (Fsp3) is 0.200. The standard InChI is InChI=1S/C20H17ClFNO5S/c1-26-15-9-17(28-3)16(27-2)7-11(15)8-18-19(24)23(20(25)29-18)10-12-13(21)5-4-6-14(12)22/h4-9H,10H2,1-3H3/b18-8-. The lowest BCUT2D eigenvalue weighted by molar-refractivity contribution is -0.123. The summed E-state index contributed by atoms with van der Waals surface area (Å²) in [5, 5.41) is -0.366. The fourth-order valence-electron chi connectivity index (χ4n) is 2.78. The Labute approximate surface area is 176 Å². The smallest absolute Gasteiger partial charge is 0.293 e. The molecule has 0 bridgehead atoms. The van der Waals surface area contributed by atoms with Crippen LogP contribution in [0.15, 0.2) is 35.2 Å². The van der Waals surface area contributed by atoms with Crippen LogP contribution in [0, 0.1) is 5.82 Å². The summed E-state index contributed by atoms with van der Waals surface area (Å²) in [6.07, 6.45) is 1.52. The molecule has 0 spiro atoms. The third kappa shape index (κ3) is 4.18. The van der Waals surface area contributed by atoms with Gasteiger partial charge in [-0.15, -0.1) is 0 Å². The second kappa shape index (κ2) is 8.75. The predicted molar refractivity (Wildman–Crippen MR) is 109 cm³/mol. The number of amides is 2. The van der Waals surface area contributed by atoms with Crippen molar-refractivity contribution in [1.29, 1.82) is 0 Å². The highest BCUT2D eigenvalue weighted by Gasteiger charge is 2.36. The summed E-state index contributed by atoms with van der Waals surface area (Å²) in [5.74, 6) is 0.213. The van der Waals surface area contributed by atoms with Crippen LogP contribution in [0.3, 0.4) is 0 Å². The van der Waals surface area contributed by atoms with E-state index >= 15 is 0 Å². The molecule has 0 atom stereocenters. The molecular formula is C20H17ClFNO5S. The minimum atomic E-state index is -0.581. The lowest BCUT2D eigenvalue weighted by atomic mass is 10.1. The van der Waals surface area contributed by atoms with E-state index in [9.17, 15) is 14.0 Å². The van der Waals surface area contributed by atoms with Crippen molar-refractivity contribution in [2.24, 2.45) is 0 Å². The molecule has 2 aromatic carbocycles. The molecule has 6 nitrogen and oxygen atoms in total. The molecule has 0 saturated carbocycles. The molecule has 3 rings (SSSR count). The van der Waals surface area contributed by atoms with Gasteiger partial charge >= 0.3 is 0 Å². The maximum absolute atomic E-state index is 14.1. The number of carbonyl (C=O) groups excluding carboxylic acids is 2. The van der Waals surface area contributed by atoms with Gasteiger partial charge in [-0.2, -0.15) is 0 Å². The first kappa shape index (κ1) is 21.0. The molecule has 0 aromatic heterocycles. The van der Waals surface area contributed by atoms with Gasteiger partial charge in [-0.1, -0.05) is 17.7 Å². The van der Waals surface area contributed by atoms with Crippen LogP contribution in [0.1, 0.15) is 11.1 Å². The summed E-state index contributed by atoms with van der Waals surface area (Å²) >= 11 is 6.77. The molecule has 1 aliphatic rings. The van der Waals surface area contributed by atoms with Crippen LogP contribution in [0.5, 0.6) is 17.2 Å². The minimum absolute atomic E-state index is 0.0846. The van der Waals surface area contributed by atoms with E-state index in [2.05, 4.69) is 0 Å². The first-order valence-electron chi connectivity index (χ1n) is 8.37. The number of methoxy groups -OCH3 is 3. The van der Waals surface area contributed by atoms with Crippen LogP contribution >= 0.6 is 23.4 Å². The van der Waals surface area contributed by atoms with Crippen LogP contribution < -0.4 is 14.2 Å². The summed E-state index contributed by atoms with van der Waals surface area (Å²) in [6.45, 7) is -0.253. The van der Waals surface area contributed by atoms with Gasteiger partial charge < -0.3 is 14.2 Å². The number of benzene rings is 2. The van der Waals surface area contributed by atoms with Crippen LogP contribution in [0.2, 0.25) is 5.02 Å². The zero-order chi connectivity index (χ0) is 21.1. The Bertz CT molecular complexity index is 990. The highest BCUT2D eigenvalue weighted by atomic mass is 35.5. The van der Waals surface area contributed by atoms with Crippen LogP contribution in [0.4, 0.5) is 9.18 Å². The second-order valence-electron chi connectivity index (χ2n) is 5.92. The third-order valence-corrected chi connectivity index (χ3v) is 5.54. The van der Waals surface area contributed by atoms with E-state index in [4.69, 9.17) is 25.8 Å². The Morgan fingerprint density at radius 2 is 1.72 bits per heavy atom. The Morgan fingerprint density at radius 3 is 2.34 bits per heavy atom. The topological polar surface area (TPSA) is 65.1 Å². The van der Waals surface area contributed by atoms with E-state index < -0.39 is 17.0 Å². The molecule has 2 amide bonds. The number of thioether (sulfide) groups is 1. The van der Waals surface area contributed by atoms with Crippen LogP contribution in [0.25, 0.3) is 6.08 Å². The SMILES string of the molecule is COc1cc(OC)c(OC)cc1/C=C1\SC(=O)N(Cc2c(F)cccc2Cl)C1=O. The zero-order valence-electron chi connectivity index (χ0n) is 15.8. The maximum atomic E-state index is 14.1. The molecular weight excluding hydrogens is 421 g/mol.